The molecule has 4 heterocycles. The molecule has 0 aliphatic carbocycles. The molecule has 1 unspecified atom stereocenters. The summed E-state index contributed by atoms with van der Waals surface area (Å²) in [6.45, 7) is 3.46. The SMILES string of the molecule is Cc1nc(C)c(C(=O)C2=C(O)C(=O)N(c3nc4cc(F)c(F)cc4s3)C2c2cccs2)s1. The van der Waals surface area contributed by atoms with Crippen LogP contribution in [-0.2, 0) is 4.79 Å². The summed E-state index contributed by atoms with van der Waals surface area (Å²) in [6.07, 6.45) is 0. The first-order valence-corrected chi connectivity index (χ1v) is 11.8. The van der Waals surface area contributed by atoms with E-state index >= 15 is 0 Å². The van der Waals surface area contributed by atoms with E-state index in [-0.39, 0.29) is 16.2 Å². The highest BCUT2D eigenvalue weighted by atomic mass is 32.1. The molecule has 1 atom stereocenters. The van der Waals surface area contributed by atoms with Gasteiger partial charge in [-0.05, 0) is 31.4 Å². The van der Waals surface area contributed by atoms with Crippen molar-refractivity contribution in [2.45, 2.75) is 19.9 Å². The number of carbonyl (C=O) groups is 2. The molecule has 32 heavy (non-hydrogen) atoms. The van der Waals surface area contributed by atoms with Gasteiger partial charge in [-0.15, -0.1) is 22.7 Å². The standard InChI is InChI=1S/C21H13F2N3O3S3/c1-8-19(31-9(2)24-8)17(27)15-16(13-4-3-5-30-13)26(20(29)18(15)28)21-25-12-6-10(22)11(23)7-14(12)32-21/h3-7,16,28H,1-2H3. The maximum absolute atomic E-state index is 13.7. The molecule has 1 N–H and O–H groups in total. The fraction of sp³-hybridized carbons (Fsp3) is 0.143. The molecule has 0 spiro atoms. The number of aromatic nitrogens is 2. The highest BCUT2D eigenvalue weighted by Crippen LogP contribution is 2.46. The van der Waals surface area contributed by atoms with Crippen molar-refractivity contribution in [3.63, 3.8) is 0 Å². The number of aliphatic hydroxyl groups excluding tert-OH is 1. The van der Waals surface area contributed by atoms with Crippen LogP contribution in [0.5, 0.6) is 0 Å². The van der Waals surface area contributed by atoms with Crippen LogP contribution in [0.1, 0.15) is 31.3 Å². The van der Waals surface area contributed by atoms with Crippen LogP contribution in [-0.4, -0.2) is 26.8 Å². The second kappa shape index (κ2) is 7.54. The number of fused-ring (bicyclic) bond motifs is 1. The van der Waals surface area contributed by atoms with Crippen LogP contribution in [0.3, 0.4) is 0 Å². The fourth-order valence-electron chi connectivity index (χ4n) is 3.63. The Morgan fingerprint density at radius 3 is 2.56 bits per heavy atom. The van der Waals surface area contributed by atoms with E-state index in [4.69, 9.17) is 0 Å². The summed E-state index contributed by atoms with van der Waals surface area (Å²) in [7, 11) is 0. The number of aliphatic hydroxyl groups is 1. The molecule has 11 heteroatoms. The Hall–Kier alpha value is -3.02. The Morgan fingerprint density at radius 1 is 1.16 bits per heavy atom. The fourth-order valence-corrected chi connectivity index (χ4v) is 6.33. The summed E-state index contributed by atoms with van der Waals surface area (Å²) in [6, 6.07) is 4.56. The molecule has 3 aromatic heterocycles. The predicted octanol–water partition coefficient (Wildman–Crippen LogP) is 5.49. The Bertz CT molecular complexity index is 1400. The number of thiazole rings is 2. The molecule has 1 aliphatic heterocycles. The number of thiophene rings is 1. The molecular formula is C21H13F2N3O3S3. The van der Waals surface area contributed by atoms with Gasteiger partial charge in [0.05, 0.1) is 31.4 Å². The van der Waals surface area contributed by atoms with Gasteiger partial charge in [-0.3, -0.25) is 14.5 Å². The van der Waals surface area contributed by atoms with Crippen molar-refractivity contribution in [3.05, 3.63) is 73.1 Å². The summed E-state index contributed by atoms with van der Waals surface area (Å²) >= 11 is 3.47. The van der Waals surface area contributed by atoms with Crippen molar-refractivity contribution in [2.24, 2.45) is 0 Å². The summed E-state index contributed by atoms with van der Waals surface area (Å²) in [5, 5.41) is 13.4. The topological polar surface area (TPSA) is 83.4 Å². The minimum absolute atomic E-state index is 0.0687. The first-order valence-electron chi connectivity index (χ1n) is 9.30. The number of Topliss-reactive ketones (excluding diaryl/α,β-unsaturated/α-hetero) is 1. The van der Waals surface area contributed by atoms with Crippen molar-refractivity contribution in [2.75, 3.05) is 4.90 Å². The maximum Gasteiger partial charge on any atom is 0.296 e. The predicted molar refractivity (Wildman–Crippen MR) is 120 cm³/mol. The lowest BCUT2D eigenvalue weighted by atomic mass is 10.0. The number of amides is 1. The lowest BCUT2D eigenvalue weighted by Gasteiger charge is -2.22. The molecule has 6 nitrogen and oxygen atoms in total. The summed E-state index contributed by atoms with van der Waals surface area (Å²) in [5.74, 6) is -4.04. The highest BCUT2D eigenvalue weighted by Gasteiger charge is 2.47. The quantitative estimate of drug-likeness (QED) is 0.383. The molecule has 5 rings (SSSR count). The van der Waals surface area contributed by atoms with Crippen LogP contribution in [0.4, 0.5) is 13.9 Å². The first-order chi connectivity index (χ1) is 15.3. The van der Waals surface area contributed by atoms with Crippen molar-refractivity contribution < 1.29 is 23.5 Å². The average Bonchev–Trinajstić information content (AvgIpc) is 3.50. The zero-order valence-corrected chi connectivity index (χ0v) is 19.0. The number of hydrogen-bond acceptors (Lipinski definition) is 8. The number of hydrogen-bond donors (Lipinski definition) is 1. The Morgan fingerprint density at radius 2 is 1.91 bits per heavy atom. The van der Waals surface area contributed by atoms with Crippen LogP contribution in [0.15, 0.2) is 41.0 Å². The maximum atomic E-state index is 13.7. The van der Waals surface area contributed by atoms with E-state index in [0.717, 1.165) is 23.5 Å². The number of nitrogens with zero attached hydrogens (tertiary/aromatic N) is 3. The summed E-state index contributed by atoms with van der Waals surface area (Å²) in [5.41, 5.74) is 0.621. The molecule has 4 aromatic rings. The van der Waals surface area contributed by atoms with Crippen LogP contribution in [0.25, 0.3) is 10.2 Å². The highest BCUT2D eigenvalue weighted by molar-refractivity contribution is 7.22. The van der Waals surface area contributed by atoms with Crippen molar-refractivity contribution >= 4 is 61.0 Å². The number of carbonyl (C=O) groups excluding carboxylic acids is 2. The molecule has 1 amide bonds. The molecule has 162 valence electrons. The third-order valence-electron chi connectivity index (χ3n) is 5.00. The monoisotopic (exact) mass is 489 g/mol. The minimum atomic E-state index is -1.05. The average molecular weight is 490 g/mol. The van der Waals surface area contributed by atoms with Gasteiger partial charge in [0.1, 0.15) is 6.04 Å². The van der Waals surface area contributed by atoms with E-state index in [2.05, 4.69) is 9.97 Å². The number of benzene rings is 1. The van der Waals surface area contributed by atoms with Gasteiger partial charge in [0.25, 0.3) is 5.91 Å². The van der Waals surface area contributed by atoms with Crippen LogP contribution in [0.2, 0.25) is 0 Å². The second-order valence-electron chi connectivity index (χ2n) is 7.06. The van der Waals surface area contributed by atoms with Gasteiger partial charge in [-0.25, -0.2) is 18.7 Å². The molecule has 1 aliphatic rings. The molecule has 0 bridgehead atoms. The van der Waals surface area contributed by atoms with E-state index in [1.807, 2.05) is 0 Å². The molecule has 0 fully saturated rings. The zero-order valence-electron chi connectivity index (χ0n) is 16.6. The van der Waals surface area contributed by atoms with Crippen molar-refractivity contribution in [1.82, 2.24) is 9.97 Å². The van der Waals surface area contributed by atoms with Gasteiger partial charge in [-0.2, -0.15) is 0 Å². The Balaban J connectivity index is 1.67. The Kier molecular flexibility index (Phi) is 4.91. The Labute approximate surface area is 192 Å². The first kappa shape index (κ1) is 20.9. The number of ketones is 1. The smallest absolute Gasteiger partial charge is 0.296 e. The zero-order chi connectivity index (χ0) is 22.7. The summed E-state index contributed by atoms with van der Waals surface area (Å²) < 4.78 is 27.7. The second-order valence-corrected chi connectivity index (χ2v) is 10.3. The van der Waals surface area contributed by atoms with Crippen molar-refractivity contribution in [1.29, 1.82) is 0 Å². The minimum Gasteiger partial charge on any atom is -0.503 e. The van der Waals surface area contributed by atoms with E-state index in [1.165, 1.54) is 27.6 Å². The van der Waals surface area contributed by atoms with Crippen LogP contribution < -0.4 is 4.90 Å². The lowest BCUT2D eigenvalue weighted by Crippen LogP contribution is -2.30. The number of aryl methyl sites for hydroxylation is 2. The van der Waals surface area contributed by atoms with Gasteiger partial charge in [-0.1, -0.05) is 17.4 Å². The number of halogens is 2. The van der Waals surface area contributed by atoms with E-state index in [1.54, 1.807) is 31.4 Å². The molecule has 0 radical (unpaired) electrons. The lowest BCUT2D eigenvalue weighted by molar-refractivity contribution is -0.117. The molecule has 0 saturated heterocycles. The normalized spacial score (nSPS) is 16.6. The number of rotatable bonds is 4. The van der Waals surface area contributed by atoms with Gasteiger partial charge in [0.2, 0.25) is 5.78 Å². The van der Waals surface area contributed by atoms with E-state index in [0.29, 0.717) is 25.2 Å². The van der Waals surface area contributed by atoms with Gasteiger partial charge < -0.3 is 5.11 Å². The molecule has 1 aromatic carbocycles. The third-order valence-corrected chi connectivity index (χ3v) is 8.01. The van der Waals surface area contributed by atoms with E-state index in [9.17, 15) is 23.5 Å². The number of anilines is 1. The largest absolute Gasteiger partial charge is 0.503 e. The molecular weight excluding hydrogens is 476 g/mol. The third kappa shape index (κ3) is 3.15. The van der Waals surface area contributed by atoms with Gasteiger partial charge in [0, 0.05) is 10.9 Å². The summed E-state index contributed by atoms with van der Waals surface area (Å²) in [4.78, 5) is 37.3. The van der Waals surface area contributed by atoms with E-state index < -0.39 is 35.1 Å². The van der Waals surface area contributed by atoms with Gasteiger partial charge >= 0.3 is 0 Å². The van der Waals surface area contributed by atoms with Crippen LogP contribution in [0, 0.1) is 25.5 Å². The molecule has 0 saturated carbocycles. The van der Waals surface area contributed by atoms with Crippen LogP contribution >= 0.6 is 34.0 Å². The van der Waals surface area contributed by atoms with Gasteiger partial charge in [0.15, 0.2) is 22.5 Å². The van der Waals surface area contributed by atoms with Crippen molar-refractivity contribution in [3.8, 4) is 0 Å².